The van der Waals surface area contributed by atoms with E-state index in [0.717, 1.165) is 25.7 Å². The molecule has 0 saturated heterocycles. The van der Waals surface area contributed by atoms with E-state index in [4.69, 9.17) is 0 Å². The Morgan fingerprint density at radius 2 is 1.70 bits per heavy atom. The van der Waals surface area contributed by atoms with Crippen LogP contribution in [0.15, 0.2) is 12.1 Å². The topological polar surface area (TPSA) is 77.8 Å². The van der Waals surface area contributed by atoms with Crippen molar-refractivity contribution in [1.82, 2.24) is 0 Å². The molecule has 0 radical (unpaired) electrons. The van der Waals surface area contributed by atoms with Gasteiger partial charge in [-0.2, -0.15) is 0 Å². The van der Waals surface area contributed by atoms with E-state index in [0.29, 0.717) is 5.56 Å². The van der Waals surface area contributed by atoms with Crippen LogP contribution in [0.25, 0.3) is 0 Å². The number of carbonyl (C=O) groups is 1. The smallest absolute Gasteiger partial charge is 0.339 e. The van der Waals surface area contributed by atoms with Crippen molar-refractivity contribution in [3.63, 3.8) is 0 Å². The first-order valence-corrected chi connectivity index (χ1v) is 6.99. The monoisotopic (exact) mass is 278 g/mol. The number of rotatable bonds is 2. The van der Waals surface area contributed by atoms with Gasteiger partial charge in [0.15, 0.2) is 11.5 Å². The molecule has 1 atom stereocenters. The van der Waals surface area contributed by atoms with E-state index >= 15 is 0 Å². The molecule has 0 bridgehead atoms. The Morgan fingerprint density at radius 3 is 2.25 bits per heavy atom. The standard InChI is InChI=1S/C16H22O4/c1-15(2)8-4-5-9-16(15,3)10-6-7-11(17)13(18)12(10)14(19)20/h6-7,17-18H,4-5,8-9H2,1-3H3,(H,19,20). The Hall–Kier alpha value is -1.71. The molecule has 1 unspecified atom stereocenters. The van der Waals surface area contributed by atoms with Crippen LogP contribution in [-0.2, 0) is 5.41 Å². The summed E-state index contributed by atoms with van der Waals surface area (Å²) in [4.78, 5) is 11.5. The van der Waals surface area contributed by atoms with Crippen LogP contribution in [0.1, 0.15) is 62.4 Å². The highest BCUT2D eigenvalue weighted by atomic mass is 16.4. The molecule has 1 aliphatic carbocycles. The van der Waals surface area contributed by atoms with Gasteiger partial charge in [-0.3, -0.25) is 0 Å². The molecule has 0 aromatic heterocycles. The normalized spacial score (nSPS) is 25.4. The SMILES string of the molecule is CC1(C)CCCCC1(C)c1ccc(O)c(O)c1C(=O)O. The lowest BCUT2D eigenvalue weighted by atomic mass is 9.55. The van der Waals surface area contributed by atoms with Crippen molar-refractivity contribution in [2.75, 3.05) is 0 Å². The lowest BCUT2D eigenvalue weighted by molar-refractivity contribution is 0.0675. The average molecular weight is 278 g/mol. The van der Waals surface area contributed by atoms with Gasteiger partial charge in [0.1, 0.15) is 5.56 Å². The van der Waals surface area contributed by atoms with Gasteiger partial charge in [-0.1, -0.05) is 39.7 Å². The molecule has 4 heteroatoms. The van der Waals surface area contributed by atoms with Gasteiger partial charge in [-0.25, -0.2) is 4.79 Å². The highest BCUT2D eigenvalue weighted by Gasteiger charge is 2.46. The fourth-order valence-electron chi connectivity index (χ4n) is 3.42. The number of hydrogen-bond donors (Lipinski definition) is 3. The van der Waals surface area contributed by atoms with E-state index in [-0.39, 0.29) is 22.1 Å². The predicted molar refractivity (Wildman–Crippen MR) is 76.3 cm³/mol. The van der Waals surface area contributed by atoms with Crippen LogP contribution in [0.4, 0.5) is 0 Å². The summed E-state index contributed by atoms with van der Waals surface area (Å²) in [6.45, 7) is 6.34. The highest BCUT2D eigenvalue weighted by Crippen LogP contribution is 2.53. The molecular weight excluding hydrogens is 256 g/mol. The Bertz CT molecular complexity index is 548. The van der Waals surface area contributed by atoms with E-state index in [1.54, 1.807) is 6.07 Å². The van der Waals surface area contributed by atoms with Gasteiger partial charge in [0.2, 0.25) is 0 Å². The fourth-order valence-corrected chi connectivity index (χ4v) is 3.42. The molecule has 1 aromatic carbocycles. The Morgan fingerprint density at radius 1 is 1.10 bits per heavy atom. The largest absolute Gasteiger partial charge is 0.504 e. The van der Waals surface area contributed by atoms with Crippen molar-refractivity contribution in [2.45, 2.75) is 51.9 Å². The van der Waals surface area contributed by atoms with Crippen molar-refractivity contribution in [2.24, 2.45) is 5.41 Å². The summed E-state index contributed by atoms with van der Waals surface area (Å²) in [5, 5.41) is 28.9. The van der Waals surface area contributed by atoms with E-state index in [1.807, 2.05) is 0 Å². The van der Waals surface area contributed by atoms with E-state index in [9.17, 15) is 20.1 Å². The number of hydrogen-bond acceptors (Lipinski definition) is 3. The molecule has 1 saturated carbocycles. The number of carboxylic acids is 1. The number of benzene rings is 1. The summed E-state index contributed by atoms with van der Waals surface area (Å²) >= 11 is 0. The van der Waals surface area contributed by atoms with Gasteiger partial charge in [0, 0.05) is 0 Å². The summed E-state index contributed by atoms with van der Waals surface area (Å²) in [6, 6.07) is 3.03. The van der Waals surface area contributed by atoms with Crippen LogP contribution >= 0.6 is 0 Å². The van der Waals surface area contributed by atoms with Gasteiger partial charge in [-0.05, 0) is 35.3 Å². The van der Waals surface area contributed by atoms with Gasteiger partial charge < -0.3 is 15.3 Å². The Balaban J connectivity index is 2.68. The molecule has 1 aromatic rings. The molecular formula is C16H22O4. The molecule has 1 fully saturated rings. The maximum absolute atomic E-state index is 11.5. The third-order valence-corrected chi connectivity index (χ3v) is 5.19. The van der Waals surface area contributed by atoms with Crippen molar-refractivity contribution < 1.29 is 20.1 Å². The number of phenols is 2. The van der Waals surface area contributed by atoms with Crippen LogP contribution in [0, 0.1) is 5.41 Å². The van der Waals surface area contributed by atoms with Gasteiger partial charge in [-0.15, -0.1) is 0 Å². The van der Waals surface area contributed by atoms with E-state index in [1.165, 1.54) is 6.07 Å². The van der Waals surface area contributed by atoms with Crippen LogP contribution in [0.3, 0.4) is 0 Å². The molecule has 3 N–H and O–H groups in total. The second-order valence-electron chi connectivity index (χ2n) is 6.58. The molecule has 0 amide bonds. The molecule has 0 spiro atoms. The molecule has 0 aliphatic heterocycles. The second kappa shape index (κ2) is 4.69. The molecule has 4 nitrogen and oxygen atoms in total. The highest BCUT2D eigenvalue weighted by molar-refractivity contribution is 5.94. The minimum Gasteiger partial charge on any atom is -0.504 e. The Kier molecular flexibility index (Phi) is 3.44. The molecule has 110 valence electrons. The van der Waals surface area contributed by atoms with Gasteiger partial charge in [0.05, 0.1) is 0 Å². The zero-order chi connectivity index (χ0) is 15.1. The zero-order valence-electron chi connectivity index (χ0n) is 12.2. The quantitative estimate of drug-likeness (QED) is 0.721. The van der Waals surface area contributed by atoms with Crippen molar-refractivity contribution >= 4 is 5.97 Å². The minimum atomic E-state index is -1.20. The average Bonchev–Trinajstić information content (AvgIpc) is 2.35. The van der Waals surface area contributed by atoms with Crippen molar-refractivity contribution in [3.8, 4) is 11.5 Å². The first-order chi connectivity index (χ1) is 9.21. The first-order valence-electron chi connectivity index (χ1n) is 6.99. The van der Waals surface area contributed by atoms with Crippen LogP contribution in [-0.4, -0.2) is 21.3 Å². The summed E-state index contributed by atoms with van der Waals surface area (Å²) in [5.74, 6) is -2.11. The summed E-state index contributed by atoms with van der Waals surface area (Å²) in [6.07, 6.45) is 4.07. The lowest BCUT2D eigenvalue weighted by Crippen LogP contribution is -2.43. The second-order valence-corrected chi connectivity index (χ2v) is 6.58. The molecule has 1 aliphatic rings. The minimum absolute atomic E-state index is 0.0567. The zero-order valence-corrected chi connectivity index (χ0v) is 12.2. The van der Waals surface area contributed by atoms with Crippen LogP contribution < -0.4 is 0 Å². The summed E-state index contributed by atoms with van der Waals surface area (Å²) in [7, 11) is 0. The van der Waals surface area contributed by atoms with Crippen molar-refractivity contribution in [3.05, 3.63) is 23.3 Å². The molecule has 2 rings (SSSR count). The third kappa shape index (κ3) is 2.03. The van der Waals surface area contributed by atoms with Gasteiger partial charge >= 0.3 is 5.97 Å². The van der Waals surface area contributed by atoms with E-state index < -0.39 is 11.7 Å². The van der Waals surface area contributed by atoms with E-state index in [2.05, 4.69) is 20.8 Å². The lowest BCUT2D eigenvalue weighted by Gasteiger charge is -2.49. The fraction of sp³-hybridized carbons (Fsp3) is 0.562. The summed E-state index contributed by atoms with van der Waals surface area (Å²) < 4.78 is 0. The van der Waals surface area contributed by atoms with Gasteiger partial charge in [0.25, 0.3) is 0 Å². The number of phenolic OH excluding ortho intramolecular Hbond substituents is 1. The third-order valence-electron chi connectivity index (χ3n) is 5.19. The predicted octanol–water partition coefficient (Wildman–Crippen LogP) is 3.65. The first kappa shape index (κ1) is 14.7. The van der Waals surface area contributed by atoms with Crippen LogP contribution in [0.5, 0.6) is 11.5 Å². The summed E-state index contributed by atoms with van der Waals surface area (Å²) in [5.41, 5.74) is 0.0655. The number of aromatic hydroxyl groups is 2. The number of aromatic carboxylic acids is 1. The molecule has 0 heterocycles. The maximum atomic E-state index is 11.5. The molecule has 20 heavy (non-hydrogen) atoms. The van der Waals surface area contributed by atoms with Crippen molar-refractivity contribution in [1.29, 1.82) is 0 Å². The van der Waals surface area contributed by atoms with Crippen LogP contribution in [0.2, 0.25) is 0 Å². The Labute approximate surface area is 119 Å². The maximum Gasteiger partial charge on any atom is 0.339 e. The number of carboxylic acid groups (broad SMARTS) is 1.